The normalized spacial score (nSPS) is 11.0. The van der Waals surface area contributed by atoms with Crippen molar-refractivity contribution in [2.45, 2.75) is 17.7 Å². The molecule has 0 aliphatic heterocycles. The third-order valence-electron chi connectivity index (χ3n) is 4.37. The zero-order valence-corrected chi connectivity index (χ0v) is 17.8. The fraction of sp³-hybridized carbons (Fsp3) is 0.136. The quantitative estimate of drug-likeness (QED) is 0.526. The Morgan fingerprint density at radius 1 is 0.933 bits per heavy atom. The van der Waals surface area contributed by atoms with Gasteiger partial charge in [0.1, 0.15) is 5.75 Å². The van der Waals surface area contributed by atoms with Crippen LogP contribution in [0.25, 0.3) is 0 Å². The van der Waals surface area contributed by atoms with E-state index in [1.165, 1.54) is 19.2 Å². The molecular weight excluding hydrogens is 424 g/mol. The number of benzene rings is 3. The highest BCUT2D eigenvalue weighted by atomic mass is 35.5. The Morgan fingerprint density at radius 3 is 2.20 bits per heavy atom. The Hall–Kier alpha value is -3.03. The van der Waals surface area contributed by atoms with Crippen molar-refractivity contribution >= 4 is 38.9 Å². The lowest BCUT2D eigenvalue weighted by atomic mass is 10.1. The van der Waals surface area contributed by atoms with Gasteiger partial charge in [0.15, 0.2) is 0 Å². The first-order chi connectivity index (χ1) is 14.4. The molecular formula is C22H21ClN2O4S. The number of carbonyl (C=O) groups excluding carboxylic acids is 1. The second-order valence-corrected chi connectivity index (χ2v) is 8.59. The minimum absolute atomic E-state index is 0.0902. The van der Waals surface area contributed by atoms with Gasteiger partial charge in [-0.15, -0.1) is 0 Å². The molecule has 3 rings (SSSR count). The van der Waals surface area contributed by atoms with Crippen molar-refractivity contribution in [2.75, 3.05) is 17.1 Å². The Labute approximate surface area is 180 Å². The van der Waals surface area contributed by atoms with E-state index in [0.717, 1.165) is 5.56 Å². The van der Waals surface area contributed by atoms with Crippen LogP contribution in [0.3, 0.4) is 0 Å². The number of anilines is 2. The number of hydrogen-bond donors (Lipinski definition) is 2. The van der Waals surface area contributed by atoms with E-state index in [2.05, 4.69) is 10.0 Å². The summed E-state index contributed by atoms with van der Waals surface area (Å²) >= 11 is 6.10. The molecule has 0 saturated carbocycles. The molecule has 0 bridgehead atoms. The van der Waals surface area contributed by atoms with Crippen LogP contribution in [-0.2, 0) is 21.2 Å². The van der Waals surface area contributed by atoms with Gasteiger partial charge in [0.25, 0.3) is 10.0 Å². The van der Waals surface area contributed by atoms with Crippen LogP contribution in [0.2, 0.25) is 5.02 Å². The van der Waals surface area contributed by atoms with E-state index in [9.17, 15) is 13.2 Å². The smallest absolute Gasteiger partial charge is 0.261 e. The first-order valence-electron chi connectivity index (χ1n) is 9.17. The highest BCUT2D eigenvalue weighted by molar-refractivity contribution is 7.92. The Morgan fingerprint density at radius 2 is 1.57 bits per heavy atom. The number of methoxy groups -OCH3 is 1. The largest absolute Gasteiger partial charge is 0.497 e. The molecule has 3 aromatic rings. The molecule has 0 aromatic heterocycles. The molecule has 0 aliphatic rings. The summed E-state index contributed by atoms with van der Waals surface area (Å²) in [5, 5.41) is 3.39. The monoisotopic (exact) mass is 444 g/mol. The van der Waals surface area contributed by atoms with Crippen molar-refractivity contribution in [3.8, 4) is 5.75 Å². The van der Waals surface area contributed by atoms with Gasteiger partial charge in [-0.3, -0.25) is 9.52 Å². The van der Waals surface area contributed by atoms with Crippen molar-refractivity contribution in [3.05, 3.63) is 83.4 Å². The average molecular weight is 445 g/mol. The number of ether oxygens (including phenoxy) is 1. The van der Waals surface area contributed by atoms with Crippen LogP contribution < -0.4 is 14.8 Å². The van der Waals surface area contributed by atoms with Crippen LogP contribution >= 0.6 is 11.6 Å². The van der Waals surface area contributed by atoms with E-state index >= 15 is 0 Å². The van der Waals surface area contributed by atoms with E-state index in [0.29, 0.717) is 28.6 Å². The number of rotatable bonds is 8. The summed E-state index contributed by atoms with van der Waals surface area (Å²) in [7, 11) is -2.21. The van der Waals surface area contributed by atoms with Gasteiger partial charge in [0.05, 0.1) is 12.0 Å². The molecule has 0 atom stereocenters. The number of amides is 1. The van der Waals surface area contributed by atoms with E-state index < -0.39 is 10.0 Å². The summed E-state index contributed by atoms with van der Waals surface area (Å²) in [5.74, 6) is 0.453. The third-order valence-corrected chi connectivity index (χ3v) is 6.14. The lowest BCUT2D eigenvalue weighted by Gasteiger charge is -2.10. The van der Waals surface area contributed by atoms with Gasteiger partial charge >= 0.3 is 0 Å². The fourth-order valence-corrected chi connectivity index (χ4v) is 4.05. The molecule has 0 radical (unpaired) electrons. The van der Waals surface area contributed by atoms with Crippen LogP contribution in [-0.4, -0.2) is 21.4 Å². The zero-order valence-electron chi connectivity index (χ0n) is 16.3. The molecule has 156 valence electrons. The van der Waals surface area contributed by atoms with Crippen LogP contribution in [0.15, 0.2) is 77.7 Å². The molecule has 0 aliphatic carbocycles. The predicted octanol–water partition coefficient (Wildman–Crippen LogP) is 4.72. The summed E-state index contributed by atoms with van der Waals surface area (Å²) < 4.78 is 32.6. The molecule has 30 heavy (non-hydrogen) atoms. The van der Waals surface area contributed by atoms with E-state index in [4.69, 9.17) is 16.3 Å². The molecule has 0 fully saturated rings. The summed E-state index contributed by atoms with van der Waals surface area (Å²) in [6.07, 6.45) is 0.784. The molecule has 0 saturated heterocycles. The highest BCUT2D eigenvalue weighted by Gasteiger charge is 2.14. The van der Waals surface area contributed by atoms with Crippen LogP contribution in [0, 0.1) is 0 Å². The first-order valence-corrected chi connectivity index (χ1v) is 11.0. The van der Waals surface area contributed by atoms with Gasteiger partial charge in [-0.2, -0.15) is 0 Å². The third kappa shape index (κ3) is 5.75. The van der Waals surface area contributed by atoms with Gasteiger partial charge in [0, 0.05) is 22.8 Å². The number of halogens is 1. The number of aryl methyl sites for hydroxylation is 1. The van der Waals surface area contributed by atoms with E-state index in [1.54, 1.807) is 42.5 Å². The van der Waals surface area contributed by atoms with Crippen LogP contribution in [0.1, 0.15) is 12.0 Å². The summed E-state index contributed by atoms with van der Waals surface area (Å²) in [6, 6.07) is 19.9. The predicted molar refractivity (Wildman–Crippen MR) is 119 cm³/mol. The number of sulfonamides is 1. The van der Waals surface area contributed by atoms with Crippen LogP contribution in [0.5, 0.6) is 5.75 Å². The molecule has 0 heterocycles. The fourth-order valence-electron chi connectivity index (χ4n) is 2.76. The van der Waals surface area contributed by atoms with Gasteiger partial charge < -0.3 is 10.1 Å². The highest BCUT2D eigenvalue weighted by Crippen LogP contribution is 2.21. The van der Waals surface area contributed by atoms with Crippen LogP contribution in [0.4, 0.5) is 11.4 Å². The van der Waals surface area contributed by atoms with E-state index in [-0.39, 0.29) is 17.2 Å². The van der Waals surface area contributed by atoms with Crippen molar-refractivity contribution < 1.29 is 17.9 Å². The Bertz CT molecular complexity index is 1110. The zero-order chi connectivity index (χ0) is 21.6. The van der Waals surface area contributed by atoms with Crippen molar-refractivity contribution in [2.24, 2.45) is 0 Å². The lowest BCUT2D eigenvalue weighted by Crippen LogP contribution is -2.14. The maximum atomic E-state index is 12.5. The Kier molecular flexibility index (Phi) is 6.97. The average Bonchev–Trinajstić information content (AvgIpc) is 2.74. The molecule has 6 nitrogen and oxygen atoms in total. The minimum atomic E-state index is -3.75. The second-order valence-electron chi connectivity index (χ2n) is 6.50. The molecule has 2 N–H and O–H groups in total. The van der Waals surface area contributed by atoms with Crippen molar-refractivity contribution in [1.82, 2.24) is 0 Å². The molecule has 1 amide bonds. The van der Waals surface area contributed by atoms with E-state index in [1.807, 2.05) is 18.2 Å². The van der Waals surface area contributed by atoms with Crippen molar-refractivity contribution in [1.29, 1.82) is 0 Å². The van der Waals surface area contributed by atoms with Gasteiger partial charge in [0.2, 0.25) is 5.91 Å². The molecule has 8 heteroatoms. The second kappa shape index (κ2) is 9.65. The van der Waals surface area contributed by atoms with Gasteiger partial charge in [-0.1, -0.05) is 29.8 Å². The van der Waals surface area contributed by atoms with Gasteiger partial charge in [-0.05, 0) is 66.6 Å². The van der Waals surface area contributed by atoms with Gasteiger partial charge in [-0.25, -0.2) is 8.42 Å². The summed E-state index contributed by atoms with van der Waals surface area (Å²) in [4.78, 5) is 12.3. The summed E-state index contributed by atoms with van der Waals surface area (Å²) in [6.45, 7) is 0. The SMILES string of the molecule is COc1ccc(NS(=O)(=O)c2ccc(NC(=O)CCc3ccccc3Cl)cc2)cc1. The maximum Gasteiger partial charge on any atom is 0.261 e. The molecule has 0 spiro atoms. The Balaban J connectivity index is 1.59. The standard InChI is InChI=1S/C22H21ClN2O4S/c1-29-19-11-7-18(8-12-19)25-30(27,28)20-13-9-17(10-14-20)24-22(26)15-6-16-4-2-3-5-21(16)23/h2-5,7-14,25H,6,15H2,1H3,(H,24,26). The first kappa shape index (κ1) is 21.7. The molecule has 3 aromatic carbocycles. The van der Waals surface area contributed by atoms with Crippen molar-refractivity contribution in [3.63, 3.8) is 0 Å². The number of nitrogens with one attached hydrogen (secondary N) is 2. The molecule has 0 unspecified atom stereocenters. The number of hydrogen-bond acceptors (Lipinski definition) is 4. The lowest BCUT2D eigenvalue weighted by molar-refractivity contribution is -0.116. The maximum absolute atomic E-state index is 12.5. The number of carbonyl (C=O) groups is 1. The minimum Gasteiger partial charge on any atom is -0.497 e. The topological polar surface area (TPSA) is 84.5 Å². The summed E-state index contributed by atoms with van der Waals surface area (Å²) in [5.41, 5.74) is 1.84.